The highest BCUT2D eigenvalue weighted by Crippen LogP contribution is 2.14. The van der Waals surface area contributed by atoms with Crippen molar-refractivity contribution in [3.63, 3.8) is 0 Å². The van der Waals surface area contributed by atoms with Gasteiger partial charge in [-0.2, -0.15) is 4.98 Å². The number of imidazole rings is 1. The number of fused-ring (bicyclic) bond motifs is 1. The quantitative estimate of drug-likeness (QED) is 0.682. The van der Waals surface area contributed by atoms with Gasteiger partial charge < -0.3 is 20.0 Å². The summed E-state index contributed by atoms with van der Waals surface area (Å²) in [7, 11) is 0. The second-order valence-electron chi connectivity index (χ2n) is 3.68. The first-order valence-electron chi connectivity index (χ1n) is 5.41. The largest absolute Gasteiger partial charge is 0.382 e. The Morgan fingerprint density at radius 2 is 2.33 bits per heavy atom. The number of nitrogens with zero attached hydrogens (tertiary/aromatic N) is 5. The molecule has 3 aromatic rings. The maximum atomic E-state index is 5.71. The third-order valence-electron chi connectivity index (χ3n) is 2.43. The molecular weight excluding hydrogens is 234 g/mol. The standard InChI is InChI=1S/C10H11N7O/c11-7-5-17-4-3-13-10(17)9(16-7)12-2-1-8-14-6-15-18-8/h3-6H,1-2,11H2,(H,12,16). The Balaban J connectivity index is 1.75. The lowest BCUT2D eigenvalue weighted by Crippen LogP contribution is -2.09. The van der Waals surface area contributed by atoms with Crippen LogP contribution in [0.1, 0.15) is 5.89 Å². The van der Waals surface area contributed by atoms with Gasteiger partial charge in [-0.1, -0.05) is 5.16 Å². The van der Waals surface area contributed by atoms with Crippen LogP contribution >= 0.6 is 0 Å². The third-order valence-corrected chi connectivity index (χ3v) is 2.43. The van der Waals surface area contributed by atoms with Crippen LogP contribution in [0.3, 0.4) is 0 Å². The molecule has 3 aromatic heterocycles. The van der Waals surface area contributed by atoms with Crippen LogP contribution in [0.2, 0.25) is 0 Å². The maximum absolute atomic E-state index is 5.71. The molecule has 0 spiro atoms. The van der Waals surface area contributed by atoms with Crippen molar-refractivity contribution in [3.8, 4) is 0 Å². The second-order valence-corrected chi connectivity index (χ2v) is 3.68. The van der Waals surface area contributed by atoms with E-state index >= 15 is 0 Å². The third kappa shape index (κ3) is 1.95. The predicted molar refractivity (Wildman–Crippen MR) is 63.9 cm³/mol. The van der Waals surface area contributed by atoms with Crippen LogP contribution in [0.4, 0.5) is 11.6 Å². The minimum absolute atomic E-state index is 0.431. The van der Waals surface area contributed by atoms with Crippen LogP contribution in [0.5, 0.6) is 0 Å². The molecule has 92 valence electrons. The van der Waals surface area contributed by atoms with Gasteiger partial charge in [0.15, 0.2) is 17.8 Å². The lowest BCUT2D eigenvalue weighted by Gasteiger charge is -2.06. The molecule has 0 saturated heterocycles. The molecule has 0 atom stereocenters. The number of hydrogen-bond acceptors (Lipinski definition) is 7. The first-order valence-corrected chi connectivity index (χ1v) is 5.41. The number of nitrogen functional groups attached to an aromatic ring is 1. The zero-order chi connectivity index (χ0) is 12.4. The first kappa shape index (κ1) is 10.5. The van der Waals surface area contributed by atoms with Crippen LogP contribution in [0.25, 0.3) is 5.65 Å². The average molecular weight is 245 g/mol. The summed E-state index contributed by atoms with van der Waals surface area (Å²) >= 11 is 0. The molecule has 0 aliphatic carbocycles. The first-order chi connectivity index (χ1) is 8.83. The molecule has 0 fully saturated rings. The van der Waals surface area contributed by atoms with E-state index in [9.17, 15) is 0 Å². The fourth-order valence-electron chi connectivity index (χ4n) is 1.66. The summed E-state index contributed by atoms with van der Waals surface area (Å²) in [6.45, 7) is 0.612. The van der Waals surface area contributed by atoms with E-state index in [-0.39, 0.29) is 0 Å². The topological polar surface area (TPSA) is 107 Å². The fourth-order valence-corrected chi connectivity index (χ4v) is 1.66. The number of anilines is 2. The molecule has 0 amide bonds. The minimum atomic E-state index is 0.431. The smallest absolute Gasteiger partial charge is 0.228 e. The van der Waals surface area contributed by atoms with Gasteiger partial charge in [-0.25, -0.2) is 9.97 Å². The molecule has 8 heteroatoms. The summed E-state index contributed by atoms with van der Waals surface area (Å²) in [4.78, 5) is 12.3. The zero-order valence-corrected chi connectivity index (χ0v) is 9.45. The summed E-state index contributed by atoms with van der Waals surface area (Å²) in [6, 6.07) is 0. The van der Waals surface area contributed by atoms with Gasteiger partial charge in [0.2, 0.25) is 5.89 Å². The molecule has 18 heavy (non-hydrogen) atoms. The zero-order valence-electron chi connectivity index (χ0n) is 9.45. The summed E-state index contributed by atoms with van der Waals surface area (Å²) in [5.41, 5.74) is 6.44. The van der Waals surface area contributed by atoms with Crippen LogP contribution in [0.15, 0.2) is 29.4 Å². The van der Waals surface area contributed by atoms with Crippen LogP contribution < -0.4 is 11.1 Å². The van der Waals surface area contributed by atoms with E-state index in [1.807, 2.05) is 10.6 Å². The van der Waals surface area contributed by atoms with E-state index in [1.165, 1.54) is 6.33 Å². The van der Waals surface area contributed by atoms with Crippen molar-refractivity contribution in [3.05, 3.63) is 30.8 Å². The Morgan fingerprint density at radius 3 is 3.17 bits per heavy atom. The van der Waals surface area contributed by atoms with Gasteiger partial charge in [-0.3, -0.25) is 0 Å². The number of hydrogen-bond donors (Lipinski definition) is 2. The highest BCUT2D eigenvalue weighted by Gasteiger charge is 2.06. The number of rotatable bonds is 4. The Hall–Kier alpha value is -2.64. The summed E-state index contributed by atoms with van der Waals surface area (Å²) in [5.74, 6) is 1.64. The van der Waals surface area contributed by atoms with Crippen molar-refractivity contribution in [2.45, 2.75) is 6.42 Å². The van der Waals surface area contributed by atoms with Gasteiger partial charge >= 0.3 is 0 Å². The SMILES string of the molecule is Nc1cn2ccnc2c(NCCc2ncno2)n1. The minimum Gasteiger partial charge on any atom is -0.382 e. The summed E-state index contributed by atoms with van der Waals surface area (Å²) in [6.07, 6.45) is 7.21. The molecule has 0 bridgehead atoms. The normalized spacial score (nSPS) is 10.9. The van der Waals surface area contributed by atoms with Crippen LogP contribution in [-0.2, 0) is 6.42 Å². The molecule has 0 saturated carbocycles. The van der Waals surface area contributed by atoms with E-state index in [0.717, 1.165) is 5.65 Å². The van der Waals surface area contributed by atoms with Gasteiger partial charge in [0.1, 0.15) is 5.82 Å². The molecule has 0 aliphatic heterocycles. The van der Waals surface area contributed by atoms with Crippen LogP contribution in [-0.4, -0.2) is 31.1 Å². The highest BCUT2D eigenvalue weighted by molar-refractivity contribution is 5.64. The Labute approximate surface area is 102 Å². The molecule has 0 aromatic carbocycles. The molecule has 0 aliphatic rings. The molecule has 3 heterocycles. The monoisotopic (exact) mass is 245 g/mol. The highest BCUT2D eigenvalue weighted by atomic mass is 16.5. The number of nitrogens with one attached hydrogen (secondary N) is 1. The molecular formula is C10H11N7O. The molecule has 8 nitrogen and oxygen atoms in total. The van der Waals surface area contributed by atoms with Gasteiger partial charge in [0.05, 0.1) is 6.20 Å². The van der Waals surface area contributed by atoms with Crippen molar-refractivity contribution >= 4 is 17.3 Å². The average Bonchev–Trinajstić information content (AvgIpc) is 2.98. The molecule has 3 N–H and O–H groups in total. The summed E-state index contributed by atoms with van der Waals surface area (Å²) < 4.78 is 6.72. The van der Waals surface area contributed by atoms with Gasteiger partial charge in [-0.15, -0.1) is 0 Å². The van der Waals surface area contributed by atoms with E-state index in [0.29, 0.717) is 30.5 Å². The van der Waals surface area contributed by atoms with Crippen molar-refractivity contribution < 1.29 is 4.52 Å². The summed E-state index contributed by atoms with van der Waals surface area (Å²) in [5, 5.41) is 6.69. The van der Waals surface area contributed by atoms with Crippen molar-refractivity contribution in [1.29, 1.82) is 0 Å². The lowest BCUT2D eigenvalue weighted by molar-refractivity contribution is 0.379. The van der Waals surface area contributed by atoms with Crippen LogP contribution in [0, 0.1) is 0 Å². The van der Waals surface area contributed by atoms with E-state index in [1.54, 1.807) is 12.4 Å². The van der Waals surface area contributed by atoms with Gasteiger partial charge in [0, 0.05) is 25.4 Å². The number of aromatic nitrogens is 5. The molecule has 3 rings (SSSR count). The van der Waals surface area contributed by atoms with Crippen molar-refractivity contribution in [1.82, 2.24) is 24.5 Å². The fraction of sp³-hybridized carbons (Fsp3) is 0.200. The number of nitrogens with two attached hydrogens (primary N) is 1. The Morgan fingerprint density at radius 1 is 1.39 bits per heavy atom. The lowest BCUT2D eigenvalue weighted by atomic mass is 10.4. The molecule has 0 radical (unpaired) electrons. The van der Waals surface area contributed by atoms with E-state index < -0.39 is 0 Å². The predicted octanol–water partition coefficient (Wildman–Crippen LogP) is 0.349. The Kier molecular flexibility index (Phi) is 2.52. The second kappa shape index (κ2) is 4.32. The van der Waals surface area contributed by atoms with E-state index in [2.05, 4.69) is 25.4 Å². The van der Waals surface area contributed by atoms with Crippen molar-refractivity contribution in [2.75, 3.05) is 17.6 Å². The Bertz CT molecular complexity index is 645. The maximum Gasteiger partial charge on any atom is 0.228 e. The van der Waals surface area contributed by atoms with Crippen molar-refractivity contribution in [2.24, 2.45) is 0 Å². The van der Waals surface area contributed by atoms with E-state index in [4.69, 9.17) is 10.3 Å². The van der Waals surface area contributed by atoms with Gasteiger partial charge in [-0.05, 0) is 0 Å². The molecule has 0 unspecified atom stereocenters. The van der Waals surface area contributed by atoms with Gasteiger partial charge in [0.25, 0.3) is 0 Å².